The second-order valence-electron chi connectivity index (χ2n) is 29.5. The highest BCUT2D eigenvalue weighted by Gasteiger charge is 2.18. The van der Waals surface area contributed by atoms with Crippen molar-refractivity contribution in [1.82, 2.24) is 0 Å². The highest BCUT2D eigenvalue weighted by Crippen LogP contribution is 2.07. The molecule has 0 aliphatic rings. The Kier molecular flexibility index (Phi) is 129. The van der Waals surface area contributed by atoms with Crippen molar-refractivity contribution in [3.63, 3.8) is 0 Å². The van der Waals surface area contributed by atoms with Gasteiger partial charge in [0, 0.05) is 0 Å². The molecule has 0 radical (unpaired) electrons. The Bertz CT molecular complexity index is 1940. The molecule has 0 heterocycles. The van der Waals surface area contributed by atoms with E-state index in [9.17, 15) is 51.1 Å². The smallest absolute Gasteiger partial charge is 0.104 e. The molecule has 0 rings (SSSR count). The molecular formula is C94H188O36. The van der Waals surface area contributed by atoms with E-state index in [0.717, 1.165) is 57.8 Å². The lowest BCUT2D eigenvalue weighted by atomic mass is 10.3. The first-order valence-electron chi connectivity index (χ1n) is 45.9. The summed E-state index contributed by atoms with van der Waals surface area (Å²) in [6.07, 6.45) is 16.1. The standard InChI is InChI=1S/3C14H28O6.4C11H22O4.C8H16O2/c3*1-3-5-6-20-14(10-18-8-12(16)4-2)11-19-9-13(17)7-15;4*1-3-5-6-14-8-11(13)9-15-7-10(12)4-2;1-3-5-6-10-7-8(9)4-2/h3*3,12-17H,1,4-11H2,2H3;4*3,10-13H,1,4-9H2,2H3;3,8-9H,1,4-7H2,2H3. The molecule has 0 saturated heterocycles. The average molecular weight is 1890 g/mol. The lowest BCUT2D eigenvalue weighted by Crippen LogP contribution is -2.30. The largest absolute Gasteiger partial charge is 0.394 e. The second-order valence-corrected chi connectivity index (χ2v) is 29.5. The third-order valence-corrected chi connectivity index (χ3v) is 16.5. The van der Waals surface area contributed by atoms with Crippen LogP contribution in [0, 0.1) is 0 Å². The molecule has 0 amide bonds. The van der Waals surface area contributed by atoms with Crippen molar-refractivity contribution in [2.24, 2.45) is 0 Å². The minimum atomic E-state index is -0.883. The molecule has 0 aliphatic carbocycles. The van der Waals surface area contributed by atoms with E-state index in [0.29, 0.717) is 124 Å². The molecule has 36 nitrogen and oxygen atoms in total. The van der Waals surface area contributed by atoms with E-state index >= 15 is 0 Å². The number of aliphatic hydroxyl groups excluding tert-OH is 18. The summed E-state index contributed by atoms with van der Waals surface area (Å²) in [4.78, 5) is 0. The van der Waals surface area contributed by atoms with Crippen molar-refractivity contribution in [2.45, 2.75) is 268 Å². The first-order chi connectivity index (χ1) is 62.5. The molecule has 0 aromatic carbocycles. The summed E-state index contributed by atoms with van der Waals surface area (Å²) >= 11 is 0. The Morgan fingerprint density at radius 3 is 0.415 bits per heavy atom. The quantitative estimate of drug-likeness (QED) is 0.0293. The van der Waals surface area contributed by atoms with Crippen LogP contribution in [0.4, 0.5) is 0 Å². The Morgan fingerprint density at radius 1 is 0.162 bits per heavy atom. The van der Waals surface area contributed by atoms with Crippen LogP contribution in [0.15, 0.2) is 101 Å². The van der Waals surface area contributed by atoms with Crippen LogP contribution in [0.5, 0.6) is 0 Å². The van der Waals surface area contributed by atoms with Crippen molar-refractivity contribution in [3.05, 3.63) is 101 Å². The molecule has 18 N–H and O–H groups in total. The van der Waals surface area contributed by atoms with Crippen LogP contribution in [0.25, 0.3) is 0 Å². The van der Waals surface area contributed by atoms with Crippen LogP contribution in [0.2, 0.25) is 0 Å². The summed E-state index contributed by atoms with van der Waals surface area (Å²) in [5.74, 6) is 0. The normalized spacial score (nSPS) is 15.2. The van der Waals surface area contributed by atoms with E-state index in [1.807, 2.05) is 55.4 Å². The zero-order valence-electron chi connectivity index (χ0n) is 80.8. The van der Waals surface area contributed by atoms with E-state index < -0.39 is 85.5 Å². The molecule has 18 atom stereocenters. The predicted molar refractivity (Wildman–Crippen MR) is 504 cm³/mol. The van der Waals surface area contributed by atoms with E-state index in [4.69, 9.17) is 126 Å². The van der Waals surface area contributed by atoms with Crippen LogP contribution in [0.1, 0.15) is 158 Å². The molecular weight excluding hydrogens is 1700 g/mol. The highest BCUT2D eigenvalue weighted by atomic mass is 16.6. The highest BCUT2D eigenvalue weighted by molar-refractivity contribution is 4.73. The van der Waals surface area contributed by atoms with Crippen LogP contribution >= 0.6 is 0 Å². The molecule has 0 aliphatic heterocycles. The fourth-order valence-electron chi connectivity index (χ4n) is 7.98. The van der Waals surface area contributed by atoms with Crippen LogP contribution < -0.4 is 0 Å². The molecule has 0 aromatic heterocycles. The summed E-state index contributed by atoms with van der Waals surface area (Å²) < 4.78 is 94.7. The number of hydrogen-bond acceptors (Lipinski definition) is 36. The van der Waals surface area contributed by atoms with Crippen molar-refractivity contribution < 1.29 is 177 Å². The van der Waals surface area contributed by atoms with Gasteiger partial charge in [0.1, 0.15) is 61.0 Å². The molecule has 130 heavy (non-hydrogen) atoms. The van der Waals surface area contributed by atoms with E-state index in [1.165, 1.54) is 0 Å². The van der Waals surface area contributed by atoms with E-state index in [2.05, 4.69) is 52.6 Å². The Hall–Kier alpha value is -3.52. The second kappa shape index (κ2) is 118. The van der Waals surface area contributed by atoms with Crippen LogP contribution in [-0.4, -0.2) is 440 Å². The van der Waals surface area contributed by atoms with Crippen molar-refractivity contribution in [3.8, 4) is 0 Å². The van der Waals surface area contributed by atoms with Gasteiger partial charge in [0.25, 0.3) is 0 Å². The predicted octanol–water partition coefficient (Wildman–Crippen LogP) is 4.57. The summed E-state index contributed by atoms with van der Waals surface area (Å²) in [5.41, 5.74) is 0. The summed E-state index contributed by atoms with van der Waals surface area (Å²) in [7, 11) is 0. The zero-order valence-corrected chi connectivity index (χ0v) is 80.8. The third kappa shape index (κ3) is 124. The molecule has 18 unspecified atom stereocenters. The van der Waals surface area contributed by atoms with Gasteiger partial charge in [-0.1, -0.05) is 104 Å². The Labute approximate surface area is 781 Å². The van der Waals surface area contributed by atoms with Crippen molar-refractivity contribution in [1.29, 1.82) is 0 Å². The maximum absolute atomic E-state index is 9.39. The monoisotopic (exact) mass is 1890 g/mol. The SMILES string of the molecule is C=CCCOC(COCC(O)CC)COCC(O)CO.C=CCCOC(COCC(O)CC)COCC(O)CO.C=CCCOC(COCC(O)CC)COCC(O)CO.C=CCCOCC(O)CC.C=CCCOCC(O)COCC(O)CC.C=CCCOCC(O)COCC(O)CC.C=CCCOCC(O)COCC(O)CC.C=CCCOCC(O)COCC(O)CC. The van der Waals surface area contributed by atoms with E-state index in [-0.39, 0.29) is 183 Å². The molecule has 0 bridgehead atoms. The molecule has 36 heteroatoms. The van der Waals surface area contributed by atoms with Gasteiger partial charge in [-0.3, -0.25) is 0 Å². The van der Waals surface area contributed by atoms with Gasteiger partial charge < -0.3 is 177 Å². The summed E-state index contributed by atoms with van der Waals surface area (Å²) in [6.45, 7) is 53.2. The number of rotatable bonds is 88. The topological polar surface area (TPSA) is 530 Å². The van der Waals surface area contributed by atoms with Crippen molar-refractivity contribution in [2.75, 3.05) is 238 Å². The number of ether oxygens (including phenoxy) is 18. The lowest BCUT2D eigenvalue weighted by molar-refractivity contribution is -0.0837. The molecule has 780 valence electrons. The van der Waals surface area contributed by atoms with Crippen molar-refractivity contribution >= 4 is 0 Å². The first kappa shape index (κ1) is 142. The third-order valence-electron chi connectivity index (χ3n) is 16.5. The Balaban J connectivity index is -0.000000220. The summed E-state index contributed by atoms with van der Waals surface area (Å²) in [6, 6.07) is 0. The molecule has 0 spiro atoms. The maximum atomic E-state index is 9.39. The van der Waals surface area contributed by atoms with Gasteiger partial charge in [-0.2, -0.15) is 0 Å². The lowest BCUT2D eigenvalue weighted by Gasteiger charge is -2.19. The Morgan fingerprint density at radius 2 is 0.277 bits per heavy atom. The fraction of sp³-hybridized carbons (Fsp3) is 0.830. The van der Waals surface area contributed by atoms with E-state index in [1.54, 1.807) is 48.6 Å². The minimum Gasteiger partial charge on any atom is -0.394 e. The maximum Gasteiger partial charge on any atom is 0.104 e. The average Bonchev–Trinajstić information content (AvgIpc) is 0.989. The molecule has 0 aromatic rings. The molecule has 0 saturated carbocycles. The van der Waals surface area contributed by atoms with Gasteiger partial charge >= 0.3 is 0 Å². The van der Waals surface area contributed by atoms with Crippen LogP contribution in [-0.2, 0) is 85.3 Å². The number of aliphatic hydroxyl groups is 18. The van der Waals surface area contributed by atoms with Gasteiger partial charge in [-0.05, 0) is 103 Å². The van der Waals surface area contributed by atoms with Gasteiger partial charge in [0.05, 0.1) is 287 Å². The van der Waals surface area contributed by atoms with Gasteiger partial charge in [0.15, 0.2) is 0 Å². The van der Waals surface area contributed by atoms with Gasteiger partial charge in [-0.15, -0.1) is 52.6 Å². The first-order valence-corrected chi connectivity index (χ1v) is 45.9. The minimum absolute atomic E-state index is 0.0510. The van der Waals surface area contributed by atoms with Crippen LogP contribution in [0.3, 0.4) is 0 Å². The van der Waals surface area contributed by atoms with Gasteiger partial charge in [-0.25, -0.2) is 0 Å². The zero-order chi connectivity index (χ0) is 99.5. The summed E-state index contributed by atoms with van der Waals surface area (Å²) in [5, 5.41) is 165. The molecule has 0 fully saturated rings. The number of hydrogen-bond donors (Lipinski definition) is 18. The fourth-order valence-corrected chi connectivity index (χ4v) is 7.98. The van der Waals surface area contributed by atoms with Gasteiger partial charge in [0.2, 0.25) is 0 Å².